The molecule has 1 aromatic heterocycles. The van der Waals surface area contributed by atoms with E-state index in [0.717, 1.165) is 0 Å². The van der Waals surface area contributed by atoms with Crippen molar-refractivity contribution in [3.05, 3.63) is 28.0 Å². The van der Waals surface area contributed by atoms with Gasteiger partial charge in [-0.25, -0.2) is 4.79 Å². The average molecular weight is 407 g/mol. The first-order chi connectivity index (χ1) is 11.3. The van der Waals surface area contributed by atoms with Gasteiger partial charge in [0, 0.05) is 25.4 Å². The smallest absolute Gasteiger partial charge is 0.404 e. The molecule has 25 heavy (non-hydrogen) atoms. The number of aromatic nitrogens is 1. The molecule has 2 N–H and O–H groups in total. The van der Waals surface area contributed by atoms with E-state index in [1.807, 2.05) is 13.1 Å². The number of nitrogens with one attached hydrogen (secondary N) is 1. The van der Waals surface area contributed by atoms with Gasteiger partial charge in [0.2, 0.25) is 0 Å². The molecule has 1 amide bonds. The molecule has 0 fully saturated rings. The number of carboxylic acid groups (broad SMARTS) is 1. The summed E-state index contributed by atoms with van der Waals surface area (Å²) in [4.78, 5) is 27.3. The predicted octanol–water partition coefficient (Wildman–Crippen LogP) is 4.62. The lowest BCUT2D eigenvalue weighted by Crippen LogP contribution is -2.47. The molecule has 0 saturated heterocycles. The summed E-state index contributed by atoms with van der Waals surface area (Å²) in [6.45, 7) is 10.3. The topological polar surface area (TPSA) is 88.5 Å². The highest BCUT2D eigenvalue weighted by molar-refractivity contribution is 6.74. The maximum absolute atomic E-state index is 12.6. The summed E-state index contributed by atoms with van der Waals surface area (Å²) in [6.07, 6.45) is 0.924. The molecule has 0 aliphatic rings. The third-order valence-corrected chi connectivity index (χ3v) is 9.63. The molecule has 1 aromatic rings. The summed E-state index contributed by atoms with van der Waals surface area (Å²) in [5, 5.41) is 11.4. The van der Waals surface area contributed by atoms with Crippen LogP contribution < -0.4 is 5.32 Å². The van der Waals surface area contributed by atoms with Gasteiger partial charge in [0.1, 0.15) is 0 Å². The molecular weight excluding hydrogens is 383 g/mol. The Morgan fingerprint density at radius 2 is 1.92 bits per heavy atom. The minimum atomic E-state index is -2.19. The molecule has 1 heterocycles. The number of amides is 1. The van der Waals surface area contributed by atoms with Crippen molar-refractivity contribution in [1.29, 1.82) is 0 Å². The van der Waals surface area contributed by atoms with Gasteiger partial charge in [0.15, 0.2) is 14.1 Å². The first kappa shape index (κ1) is 21.9. The zero-order valence-corrected chi connectivity index (χ0v) is 17.5. The molecule has 1 atom stereocenters. The number of hydrogen-bond acceptors (Lipinski definition) is 4. The monoisotopic (exact) mass is 406 g/mol. The van der Waals surface area contributed by atoms with Gasteiger partial charge in [-0.2, -0.15) is 0 Å². The first-order valence-electron chi connectivity index (χ1n) is 7.82. The summed E-state index contributed by atoms with van der Waals surface area (Å²) >= 11 is 12.0. The number of rotatable bonds is 7. The van der Waals surface area contributed by atoms with Gasteiger partial charge in [-0.05, 0) is 18.1 Å². The van der Waals surface area contributed by atoms with Crippen molar-refractivity contribution in [3.8, 4) is 0 Å². The predicted molar refractivity (Wildman–Crippen MR) is 101 cm³/mol. The van der Waals surface area contributed by atoms with Crippen LogP contribution >= 0.6 is 23.2 Å². The number of pyridine rings is 1. The fraction of sp³-hybridized carbons (Fsp3) is 0.562. The summed E-state index contributed by atoms with van der Waals surface area (Å²) < 4.78 is 6.21. The van der Waals surface area contributed by atoms with E-state index in [2.05, 4.69) is 31.1 Å². The molecule has 140 valence electrons. The van der Waals surface area contributed by atoms with Crippen molar-refractivity contribution < 1.29 is 19.1 Å². The number of carbonyl (C=O) groups excluding carboxylic acids is 1. The number of ketones is 1. The lowest BCUT2D eigenvalue weighted by Gasteiger charge is -2.39. The van der Waals surface area contributed by atoms with Crippen LogP contribution in [0, 0.1) is 0 Å². The summed E-state index contributed by atoms with van der Waals surface area (Å²) in [5.74, 6) is -0.295. The zero-order chi connectivity index (χ0) is 19.4. The maximum Gasteiger partial charge on any atom is 0.404 e. The molecule has 9 heteroatoms. The number of nitrogens with zero attached hydrogens (tertiary/aromatic N) is 1. The van der Waals surface area contributed by atoms with Crippen LogP contribution in [-0.2, 0) is 4.43 Å². The summed E-state index contributed by atoms with van der Waals surface area (Å²) in [5.41, 5.74) is 0.202. The number of hydrogen-bond donors (Lipinski definition) is 2. The molecule has 1 rings (SSSR count). The molecule has 0 aromatic carbocycles. The Hall–Kier alpha value is -1.15. The number of Topliss-reactive ketones (excluding diaryl/α,β-unsaturated/α-hetero) is 1. The summed E-state index contributed by atoms with van der Waals surface area (Å²) in [7, 11) is -2.19. The van der Waals surface area contributed by atoms with Crippen LogP contribution in [0.1, 0.15) is 37.6 Å². The standard InChI is InChI=1S/C16H24Cl2N2O4Si/c1-16(2,3)25(4,5)24-10(7-20-15(22)23)6-13(21)11-8-19-9-12(17)14(11)18/h8-10,20H,6-7H2,1-5H3,(H,22,23). The second-order valence-corrected chi connectivity index (χ2v) is 12.8. The van der Waals surface area contributed by atoms with E-state index in [0.29, 0.717) is 0 Å². The minimum absolute atomic E-state index is 0.0131. The average Bonchev–Trinajstić information content (AvgIpc) is 2.46. The Morgan fingerprint density at radius 1 is 1.32 bits per heavy atom. The van der Waals surface area contributed by atoms with E-state index in [9.17, 15) is 9.59 Å². The van der Waals surface area contributed by atoms with E-state index >= 15 is 0 Å². The molecule has 0 aliphatic carbocycles. The van der Waals surface area contributed by atoms with Gasteiger partial charge in [0.25, 0.3) is 0 Å². The maximum atomic E-state index is 12.6. The quantitative estimate of drug-likeness (QED) is 0.509. The highest BCUT2D eigenvalue weighted by Crippen LogP contribution is 2.37. The highest BCUT2D eigenvalue weighted by atomic mass is 35.5. The molecule has 0 spiro atoms. The zero-order valence-electron chi connectivity index (χ0n) is 15.0. The van der Waals surface area contributed by atoms with Crippen LogP contribution in [0.4, 0.5) is 4.79 Å². The molecular formula is C16H24Cl2N2O4Si. The Kier molecular flexibility index (Phi) is 7.43. The van der Waals surface area contributed by atoms with Crippen molar-refractivity contribution in [3.63, 3.8) is 0 Å². The fourth-order valence-corrected chi connectivity index (χ4v) is 3.60. The molecule has 0 bridgehead atoms. The normalized spacial score (nSPS) is 13.4. The molecule has 0 saturated carbocycles. The van der Waals surface area contributed by atoms with E-state index < -0.39 is 20.5 Å². The van der Waals surface area contributed by atoms with Gasteiger partial charge in [-0.1, -0.05) is 44.0 Å². The third-order valence-electron chi connectivity index (χ3n) is 4.30. The van der Waals surface area contributed by atoms with Crippen molar-refractivity contribution in [1.82, 2.24) is 10.3 Å². The van der Waals surface area contributed by atoms with Crippen molar-refractivity contribution >= 4 is 43.4 Å². The van der Waals surface area contributed by atoms with Crippen molar-refractivity contribution in [2.24, 2.45) is 0 Å². The second kappa shape index (κ2) is 8.49. The van der Waals surface area contributed by atoms with E-state index in [-0.39, 0.29) is 39.4 Å². The number of carbonyl (C=O) groups is 2. The SMILES string of the molecule is CC(C)(C)[Si](C)(C)OC(CNC(=O)O)CC(=O)c1cncc(Cl)c1Cl. The van der Waals surface area contributed by atoms with Crippen molar-refractivity contribution in [2.75, 3.05) is 6.54 Å². The van der Waals surface area contributed by atoms with Crippen LogP contribution in [0.2, 0.25) is 28.2 Å². The third kappa shape index (κ3) is 6.25. The van der Waals surface area contributed by atoms with Crippen LogP contribution in [0.5, 0.6) is 0 Å². The molecule has 1 unspecified atom stereocenters. The Bertz CT molecular complexity index is 648. The summed E-state index contributed by atoms with van der Waals surface area (Å²) in [6, 6.07) is 0. The Labute approximate surface area is 159 Å². The van der Waals surface area contributed by atoms with E-state index in [4.69, 9.17) is 32.7 Å². The minimum Gasteiger partial charge on any atom is -0.465 e. The van der Waals surface area contributed by atoms with Crippen LogP contribution in [0.15, 0.2) is 12.4 Å². The van der Waals surface area contributed by atoms with Crippen LogP contribution in [0.25, 0.3) is 0 Å². The largest absolute Gasteiger partial charge is 0.465 e. The molecule has 6 nitrogen and oxygen atoms in total. The molecule has 0 radical (unpaired) electrons. The van der Waals surface area contributed by atoms with E-state index in [1.165, 1.54) is 12.4 Å². The Balaban J connectivity index is 2.98. The number of halogens is 2. The Morgan fingerprint density at radius 3 is 2.44 bits per heavy atom. The van der Waals surface area contributed by atoms with Gasteiger partial charge >= 0.3 is 6.09 Å². The first-order valence-corrected chi connectivity index (χ1v) is 11.5. The van der Waals surface area contributed by atoms with Gasteiger partial charge < -0.3 is 14.8 Å². The van der Waals surface area contributed by atoms with E-state index in [1.54, 1.807) is 0 Å². The van der Waals surface area contributed by atoms with Gasteiger partial charge in [0.05, 0.1) is 21.7 Å². The van der Waals surface area contributed by atoms with Crippen molar-refractivity contribution in [2.45, 2.75) is 51.4 Å². The van der Waals surface area contributed by atoms with Gasteiger partial charge in [-0.3, -0.25) is 9.78 Å². The molecule has 0 aliphatic heterocycles. The van der Waals surface area contributed by atoms with Gasteiger partial charge in [-0.15, -0.1) is 0 Å². The van der Waals surface area contributed by atoms with Crippen LogP contribution in [-0.4, -0.2) is 42.9 Å². The second-order valence-electron chi connectivity index (χ2n) is 7.30. The highest BCUT2D eigenvalue weighted by Gasteiger charge is 2.39. The lowest BCUT2D eigenvalue weighted by atomic mass is 10.1. The van der Waals surface area contributed by atoms with Crippen LogP contribution in [0.3, 0.4) is 0 Å². The fourth-order valence-electron chi connectivity index (χ4n) is 1.88. The lowest BCUT2D eigenvalue weighted by molar-refractivity contribution is 0.0887.